The van der Waals surface area contributed by atoms with Gasteiger partial charge in [-0.05, 0) is 90.3 Å². The van der Waals surface area contributed by atoms with Gasteiger partial charge in [0.1, 0.15) is 17.6 Å². The summed E-state index contributed by atoms with van der Waals surface area (Å²) in [6.45, 7) is 10.1. The number of nitrogens with zero attached hydrogens (tertiary/aromatic N) is 6. The van der Waals surface area contributed by atoms with E-state index in [-0.39, 0.29) is 48.3 Å². The lowest BCUT2D eigenvalue weighted by Crippen LogP contribution is -2.51. The molecule has 66 heavy (non-hydrogen) atoms. The maximum atomic E-state index is 15.8. The van der Waals surface area contributed by atoms with Crippen LogP contribution in [0.15, 0.2) is 73.1 Å². The second kappa shape index (κ2) is 17.4. The lowest BCUT2D eigenvalue weighted by molar-refractivity contribution is -0.137. The number of alkyl halides is 1. The van der Waals surface area contributed by atoms with Crippen molar-refractivity contribution >= 4 is 55.9 Å². The van der Waals surface area contributed by atoms with Gasteiger partial charge < -0.3 is 14.8 Å². The first-order chi connectivity index (χ1) is 31.7. The minimum absolute atomic E-state index is 0.00827. The Labute approximate surface area is 381 Å². The summed E-state index contributed by atoms with van der Waals surface area (Å²) in [5.74, 6) is -3.90. The third kappa shape index (κ3) is 8.66. The third-order valence-corrected chi connectivity index (χ3v) is 15.7. The van der Waals surface area contributed by atoms with Crippen LogP contribution >= 0.6 is 0 Å². The lowest BCUT2D eigenvalue weighted by atomic mass is 9.79. The van der Waals surface area contributed by atoms with Gasteiger partial charge in [0.2, 0.25) is 17.6 Å². The number of ketones is 1. The molecule has 2 aromatic heterocycles. The fourth-order valence-electron chi connectivity index (χ4n) is 10.3. The molecule has 18 heteroatoms. The van der Waals surface area contributed by atoms with E-state index in [4.69, 9.17) is 0 Å². The summed E-state index contributed by atoms with van der Waals surface area (Å²) >= 11 is 0. The standard InChI is InChI=1S/C48H52F3N9O5S/c1-48(13-16-57(17-14-48)36-7-4-31-26-59(27-33(31)22-36)41-10-11-42(61)54-47(41)63)29-56-18-20-58(21-19-56)35-5-2-30(3-6-35)32-23-37-38(25-53-46(37)52-24-32)45(62)43-39(50)8-9-40(44(43)51)55-66(64,65)60-15-12-34(49)28-60/h2-9,22-25,34,41,55H,10-21,26-29H2,1H3,(H,52,53)(H,54,61,63)/t34-,41?/m1/s1. The van der Waals surface area contributed by atoms with E-state index in [9.17, 15) is 27.2 Å². The number of fused-ring (bicyclic) bond motifs is 2. The van der Waals surface area contributed by atoms with E-state index >= 15 is 8.78 Å². The monoisotopic (exact) mass is 923 g/mol. The number of carbonyl (C=O) groups is 3. The number of aromatic amines is 1. The van der Waals surface area contributed by atoms with Gasteiger partial charge in [-0.1, -0.05) is 25.1 Å². The first-order valence-corrected chi connectivity index (χ1v) is 24.1. The molecule has 10 rings (SSSR count). The number of imide groups is 1. The fourth-order valence-corrected chi connectivity index (χ4v) is 11.6. The Hall–Kier alpha value is -5.82. The SMILES string of the molecule is CC1(CN2CCN(c3ccc(-c4cnc5[nH]cc(C(=O)c6c(F)ccc(NS(=O)(=O)N7CC[C@@H](F)C7)c6F)c5c4)cc3)CC2)CCN(c2ccc3c(c2)CN(C2CCC(=O)NC2=O)C3)CC1. The number of anilines is 3. The zero-order chi connectivity index (χ0) is 45.9. The van der Waals surface area contributed by atoms with Crippen molar-refractivity contribution in [2.24, 2.45) is 5.41 Å². The number of piperidine rings is 2. The van der Waals surface area contributed by atoms with Crippen molar-refractivity contribution in [2.45, 2.75) is 64.3 Å². The average molecular weight is 924 g/mol. The number of pyridine rings is 1. The molecule has 346 valence electrons. The van der Waals surface area contributed by atoms with Gasteiger partial charge in [-0.25, -0.2) is 18.2 Å². The van der Waals surface area contributed by atoms with Crippen LogP contribution in [-0.2, 0) is 32.9 Å². The van der Waals surface area contributed by atoms with Gasteiger partial charge >= 0.3 is 10.2 Å². The van der Waals surface area contributed by atoms with Crippen molar-refractivity contribution in [3.05, 3.63) is 107 Å². The molecule has 5 aliphatic heterocycles. The zero-order valence-electron chi connectivity index (χ0n) is 36.7. The number of rotatable bonds is 11. The van der Waals surface area contributed by atoms with E-state index in [1.807, 2.05) is 16.9 Å². The first-order valence-electron chi connectivity index (χ1n) is 22.6. The molecule has 1 unspecified atom stereocenters. The number of piperazine rings is 1. The third-order valence-electron chi connectivity index (χ3n) is 14.2. The molecule has 3 aromatic carbocycles. The summed E-state index contributed by atoms with van der Waals surface area (Å²) in [6, 6.07) is 18.0. The van der Waals surface area contributed by atoms with E-state index < -0.39 is 45.0 Å². The molecule has 5 aromatic rings. The van der Waals surface area contributed by atoms with Crippen molar-refractivity contribution in [1.29, 1.82) is 0 Å². The number of hydrogen-bond acceptors (Lipinski definition) is 10. The zero-order valence-corrected chi connectivity index (χ0v) is 37.5. The maximum Gasteiger partial charge on any atom is 0.301 e. The van der Waals surface area contributed by atoms with Crippen LogP contribution in [0.4, 0.5) is 30.2 Å². The number of amides is 2. The Morgan fingerprint density at radius 2 is 1.59 bits per heavy atom. The molecule has 7 heterocycles. The average Bonchev–Trinajstić information content (AvgIpc) is 4.06. The number of aromatic nitrogens is 2. The van der Waals surface area contributed by atoms with Crippen molar-refractivity contribution in [3.8, 4) is 11.1 Å². The summed E-state index contributed by atoms with van der Waals surface area (Å²) in [7, 11) is -4.35. The predicted octanol–water partition coefficient (Wildman–Crippen LogP) is 5.99. The Kier molecular flexibility index (Phi) is 11.6. The van der Waals surface area contributed by atoms with Crippen molar-refractivity contribution < 1.29 is 36.0 Å². The number of nitrogens with one attached hydrogen (secondary N) is 3. The second-order valence-corrected chi connectivity index (χ2v) is 20.4. The number of carbonyl (C=O) groups excluding carboxylic acids is 3. The summed E-state index contributed by atoms with van der Waals surface area (Å²) in [4.78, 5) is 55.0. The highest BCUT2D eigenvalue weighted by Crippen LogP contribution is 2.37. The van der Waals surface area contributed by atoms with Crippen LogP contribution in [0, 0.1) is 17.0 Å². The van der Waals surface area contributed by atoms with Crippen molar-refractivity contribution in [2.75, 3.05) is 73.4 Å². The summed E-state index contributed by atoms with van der Waals surface area (Å²) < 4.78 is 73.2. The highest BCUT2D eigenvalue weighted by molar-refractivity contribution is 7.90. The van der Waals surface area contributed by atoms with Gasteiger partial charge in [0.25, 0.3) is 0 Å². The molecule has 5 aliphatic rings. The Morgan fingerprint density at radius 3 is 2.32 bits per heavy atom. The molecule has 2 amide bonds. The van der Waals surface area contributed by atoms with E-state index in [1.54, 1.807) is 12.3 Å². The normalized spacial score (nSPS) is 21.9. The smallest absolute Gasteiger partial charge is 0.301 e. The minimum Gasteiger partial charge on any atom is -0.371 e. The maximum absolute atomic E-state index is 15.8. The molecule has 2 atom stereocenters. The number of hydrogen-bond donors (Lipinski definition) is 3. The fraction of sp³-hybridized carbons (Fsp3) is 0.417. The van der Waals surface area contributed by atoms with Gasteiger partial charge in [0, 0.05) is 119 Å². The van der Waals surface area contributed by atoms with E-state index in [2.05, 4.69) is 72.1 Å². The minimum atomic E-state index is -4.35. The molecule has 0 radical (unpaired) electrons. The molecular weight excluding hydrogens is 872 g/mol. The molecule has 0 aliphatic carbocycles. The number of H-pyrrole nitrogens is 1. The van der Waals surface area contributed by atoms with Crippen LogP contribution in [-0.4, -0.2) is 121 Å². The molecule has 14 nitrogen and oxygen atoms in total. The van der Waals surface area contributed by atoms with E-state index in [0.29, 0.717) is 29.4 Å². The Balaban J connectivity index is 0.737. The van der Waals surface area contributed by atoms with Crippen LogP contribution in [0.5, 0.6) is 0 Å². The van der Waals surface area contributed by atoms with Crippen molar-refractivity contribution in [1.82, 2.24) is 29.4 Å². The van der Waals surface area contributed by atoms with Gasteiger partial charge in [-0.3, -0.25) is 34.2 Å². The summed E-state index contributed by atoms with van der Waals surface area (Å²) in [6.07, 6.45) is 4.80. The molecule has 0 bridgehead atoms. The number of halogens is 3. The Morgan fingerprint density at radius 1 is 0.864 bits per heavy atom. The highest BCUT2D eigenvalue weighted by Gasteiger charge is 2.37. The van der Waals surface area contributed by atoms with Crippen molar-refractivity contribution in [3.63, 3.8) is 0 Å². The highest BCUT2D eigenvalue weighted by atomic mass is 32.2. The van der Waals surface area contributed by atoms with Gasteiger partial charge in [-0.2, -0.15) is 12.7 Å². The predicted molar refractivity (Wildman–Crippen MR) is 245 cm³/mol. The largest absolute Gasteiger partial charge is 0.371 e. The molecular formula is C48H52F3N9O5S. The molecule has 4 saturated heterocycles. The molecule has 0 spiro atoms. The molecule has 4 fully saturated rings. The van der Waals surface area contributed by atoms with E-state index in [0.717, 1.165) is 99.4 Å². The summed E-state index contributed by atoms with van der Waals surface area (Å²) in [5.41, 5.74) is 5.34. The summed E-state index contributed by atoms with van der Waals surface area (Å²) in [5, 5.41) is 2.84. The molecule has 0 saturated carbocycles. The van der Waals surface area contributed by atoms with Crippen LogP contribution in [0.3, 0.4) is 0 Å². The van der Waals surface area contributed by atoms with Crippen LogP contribution in [0.2, 0.25) is 0 Å². The van der Waals surface area contributed by atoms with Crippen LogP contribution in [0.25, 0.3) is 22.2 Å². The topological polar surface area (TPSA) is 154 Å². The molecule has 3 N–H and O–H groups in total. The van der Waals surface area contributed by atoms with Gasteiger partial charge in [0.15, 0.2) is 5.82 Å². The second-order valence-electron chi connectivity index (χ2n) is 18.7. The first kappa shape index (κ1) is 44.0. The van der Waals surface area contributed by atoms with E-state index in [1.165, 1.54) is 23.0 Å². The van der Waals surface area contributed by atoms with Crippen LogP contribution in [0.1, 0.15) is 66.1 Å². The quantitative estimate of drug-likeness (QED) is 0.106. The Bertz CT molecular complexity index is 2830. The number of benzene rings is 3. The van der Waals surface area contributed by atoms with Crippen LogP contribution < -0.4 is 19.8 Å². The van der Waals surface area contributed by atoms with Gasteiger partial charge in [-0.15, -0.1) is 0 Å². The lowest BCUT2D eigenvalue weighted by Gasteiger charge is -2.45. The van der Waals surface area contributed by atoms with Gasteiger partial charge in [0.05, 0.1) is 17.3 Å².